The zero-order valence-electron chi connectivity index (χ0n) is 12.3. The van der Waals surface area contributed by atoms with Gasteiger partial charge < -0.3 is 14.0 Å². The van der Waals surface area contributed by atoms with E-state index in [4.69, 9.17) is 14.0 Å². The molecule has 1 aromatic rings. The lowest BCUT2D eigenvalue weighted by molar-refractivity contribution is -0.183. The van der Waals surface area contributed by atoms with E-state index in [0.717, 1.165) is 51.1 Å². The van der Waals surface area contributed by atoms with Crippen molar-refractivity contribution in [2.75, 3.05) is 20.3 Å². The van der Waals surface area contributed by atoms with Gasteiger partial charge in [0.15, 0.2) is 11.6 Å². The Hall–Kier alpha value is -0.980. The van der Waals surface area contributed by atoms with Crippen molar-refractivity contribution in [1.82, 2.24) is 15.0 Å². The monoisotopic (exact) mass is 281 g/mol. The minimum absolute atomic E-state index is 0.281. The van der Waals surface area contributed by atoms with Crippen LogP contribution in [0.25, 0.3) is 0 Å². The standard InChI is InChI=1S/C14H23N3O3/c1-3-12-15-13(20-16-12)10-17(2)11-4-6-14(7-5-11)18-8-9-19-14/h11H,3-10H2,1-2H3. The molecule has 6 nitrogen and oxygen atoms in total. The van der Waals surface area contributed by atoms with Crippen LogP contribution in [0.2, 0.25) is 0 Å². The van der Waals surface area contributed by atoms with E-state index in [1.54, 1.807) is 0 Å². The Morgan fingerprint density at radius 2 is 1.95 bits per heavy atom. The summed E-state index contributed by atoms with van der Waals surface area (Å²) >= 11 is 0. The van der Waals surface area contributed by atoms with E-state index in [9.17, 15) is 0 Å². The molecule has 0 bridgehead atoms. The van der Waals surface area contributed by atoms with Crippen LogP contribution in [0, 0.1) is 0 Å². The van der Waals surface area contributed by atoms with Crippen molar-refractivity contribution >= 4 is 0 Å². The molecular weight excluding hydrogens is 258 g/mol. The highest BCUT2D eigenvalue weighted by molar-refractivity contribution is 4.89. The lowest BCUT2D eigenvalue weighted by Gasteiger charge is -2.38. The molecular formula is C14H23N3O3. The molecule has 0 unspecified atom stereocenters. The molecule has 1 aliphatic carbocycles. The highest BCUT2D eigenvalue weighted by Gasteiger charge is 2.41. The maximum Gasteiger partial charge on any atom is 0.240 e. The Kier molecular flexibility index (Phi) is 4.05. The maximum atomic E-state index is 5.76. The number of hydrogen-bond acceptors (Lipinski definition) is 6. The van der Waals surface area contributed by atoms with Crippen LogP contribution in [0.3, 0.4) is 0 Å². The predicted octanol–water partition coefficient (Wildman–Crippen LogP) is 1.75. The molecule has 0 amide bonds. The van der Waals surface area contributed by atoms with E-state index in [1.807, 2.05) is 6.92 Å². The fraction of sp³-hybridized carbons (Fsp3) is 0.857. The lowest BCUT2D eigenvalue weighted by Crippen LogP contribution is -2.42. The van der Waals surface area contributed by atoms with Crippen LogP contribution in [0.5, 0.6) is 0 Å². The highest BCUT2D eigenvalue weighted by Crippen LogP contribution is 2.37. The summed E-state index contributed by atoms with van der Waals surface area (Å²) in [5.74, 6) is 1.21. The van der Waals surface area contributed by atoms with Gasteiger partial charge in [0.2, 0.25) is 5.89 Å². The minimum atomic E-state index is -0.281. The van der Waals surface area contributed by atoms with E-state index in [1.165, 1.54) is 0 Å². The second-order valence-electron chi connectivity index (χ2n) is 5.71. The molecule has 1 aliphatic heterocycles. The van der Waals surface area contributed by atoms with Crippen molar-refractivity contribution in [2.24, 2.45) is 0 Å². The van der Waals surface area contributed by atoms with Gasteiger partial charge in [-0.05, 0) is 19.9 Å². The number of aromatic nitrogens is 2. The molecule has 1 spiro atoms. The highest BCUT2D eigenvalue weighted by atomic mass is 16.7. The van der Waals surface area contributed by atoms with Crippen LogP contribution in [0.1, 0.15) is 44.3 Å². The number of hydrogen-bond donors (Lipinski definition) is 0. The number of aryl methyl sites for hydroxylation is 1. The molecule has 0 N–H and O–H groups in total. The Balaban J connectivity index is 1.52. The molecule has 112 valence electrons. The van der Waals surface area contributed by atoms with Crippen molar-refractivity contribution in [3.8, 4) is 0 Å². The normalized spacial score (nSPS) is 22.9. The number of nitrogens with zero attached hydrogens (tertiary/aromatic N) is 3. The maximum absolute atomic E-state index is 5.76. The van der Waals surface area contributed by atoms with Gasteiger partial charge >= 0.3 is 0 Å². The third-order valence-corrected chi connectivity index (χ3v) is 4.36. The van der Waals surface area contributed by atoms with Gasteiger partial charge in [0, 0.05) is 25.3 Å². The van der Waals surface area contributed by atoms with Crippen molar-refractivity contribution < 1.29 is 14.0 Å². The summed E-state index contributed by atoms with van der Waals surface area (Å²) in [5.41, 5.74) is 0. The molecule has 0 atom stereocenters. The summed E-state index contributed by atoms with van der Waals surface area (Å²) in [6.07, 6.45) is 4.95. The first-order valence-corrected chi connectivity index (χ1v) is 7.50. The molecule has 2 heterocycles. The molecule has 1 aromatic heterocycles. The molecule has 6 heteroatoms. The van der Waals surface area contributed by atoms with Crippen molar-refractivity contribution in [3.05, 3.63) is 11.7 Å². The molecule has 0 radical (unpaired) electrons. The average Bonchev–Trinajstić information content (AvgIpc) is 3.09. The zero-order chi connectivity index (χ0) is 14.0. The fourth-order valence-corrected chi connectivity index (χ4v) is 3.11. The lowest BCUT2D eigenvalue weighted by atomic mass is 9.89. The van der Waals surface area contributed by atoms with Gasteiger partial charge in [-0.1, -0.05) is 12.1 Å². The fourth-order valence-electron chi connectivity index (χ4n) is 3.11. The summed E-state index contributed by atoms with van der Waals surface area (Å²) in [6, 6.07) is 0.533. The first kappa shape index (κ1) is 14.0. The molecule has 2 fully saturated rings. The van der Waals surface area contributed by atoms with Crippen molar-refractivity contribution in [2.45, 2.75) is 57.4 Å². The topological polar surface area (TPSA) is 60.6 Å². The van der Waals surface area contributed by atoms with E-state index in [-0.39, 0.29) is 5.79 Å². The first-order valence-electron chi connectivity index (χ1n) is 7.50. The van der Waals surface area contributed by atoms with Crippen LogP contribution in [0.15, 0.2) is 4.52 Å². The largest absolute Gasteiger partial charge is 0.348 e. The quantitative estimate of drug-likeness (QED) is 0.838. The van der Waals surface area contributed by atoms with Gasteiger partial charge in [-0.2, -0.15) is 4.98 Å². The first-order chi connectivity index (χ1) is 9.71. The van der Waals surface area contributed by atoms with Crippen LogP contribution in [-0.2, 0) is 22.4 Å². The molecule has 1 saturated heterocycles. The summed E-state index contributed by atoms with van der Waals surface area (Å²) in [4.78, 5) is 6.67. The van der Waals surface area contributed by atoms with Gasteiger partial charge in [0.05, 0.1) is 19.8 Å². The van der Waals surface area contributed by atoms with E-state index in [0.29, 0.717) is 18.5 Å². The number of rotatable bonds is 4. The summed E-state index contributed by atoms with van der Waals surface area (Å²) < 4.78 is 16.8. The third-order valence-electron chi connectivity index (χ3n) is 4.36. The van der Waals surface area contributed by atoms with Gasteiger partial charge in [0.25, 0.3) is 0 Å². The summed E-state index contributed by atoms with van der Waals surface area (Å²) in [6.45, 7) is 4.22. The molecule has 3 rings (SSSR count). The minimum Gasteiger partial charge on any atom is -0.348 e. The Morgan fingerprint density at radius 3 is 2.55 bits per heavy atom. The van der Waals surface area contributed by atoms with E-state index in [2.05, 4.69) is 22.1 Å². The third kappa shape index (κ3) is 2.87. The van der Waals surface area contributed by atoms with Gasteiger partial charge in [-0.25, -0.2) is 0 Å². The van der Waals surface area contributed by atoms with Gasteiger partial charge in [-0.3, -0.25) is 4.90 Å². The predicted molar refractivity (Wildman–Crippen MR) is 72.0 cm³/mol. The Bertz CT molecular complexity index is 433. The van der Waals surface area contributed by atoms with Crippen molar-refractivity contribution in [1.29, 1.82) is 0 Å². The zero-order valence-corrected chi connectivity index (χ0v) is 12.3. The molecule has 20 heavy (non-hydrogen) atoms. The average molecular weight is 281 g/mol. The van der Waals surface area contributed by atoms with Gasteiger partial charge in [-0.15, -0.1) is 0 Å². The second-order valence-corrected chi connectivity index (χ2v) is 5.71. The van der Waals surface area contributed by atoms with Crippen molar-refractivity contribution in [3.63, 3.8) is 0 Å². The van der Waals surface area contributed by atoms with Crippen LogP contribution in [0.4, 0.5) is 0 Å². The summed E-state index contributed by atoms with van der Waals surface area (Å²) in [5, 5.41) is 3.94. The van der Waals surface area contributed by atoms with E-state index < -0.39 is 0 Å². The Morgan fingerprint density at radius 1 is 1.25 bits per heavy atom. The number of ether oxygens (including phenoxy) is 2. The SMILES string of the molecule is CCc1noc(CN(C)C2CCC3(CC2)OCCO3)n1. The van der Waals surface area contributed by atoms with Crippen LogP contribution in [-0.4, -0.2) is 47.1 Å². The molecule has 0 aromatic carbocycles. The second kappa shape index (κ2) is 5.79. The van der Waals surface area contributed by atoms with E-state index >= 15 is 0 Å². The summed E-state index contributed by atoms with van der Waals surface area (Å²) in [7, 11) is 2.12. The van der Waals surface area contributed by atoms with Crippen LogP contribution < -0.4 is 0 Å². The Labute approximate surface area is 119 Å². The van der Waals surface area contributed by atoms with Gasteiger partial charge in [0.1, 0.15) is 0 Å². The molecule has 2 aliphatic rings. The smallest absolute Gasteiger partial charge is 0.240 e. The molecule has 1 saturated carbocycles. The van der Waals surface area contributed by atoms with Crippen LogP contribution >= 0.6 is 0 Å².